The minimum Gasteiger partial charge on any atom is -0.508 e. The van der Waals surface area contributed by atoms with Gasteiger partial charge in [0.05, 0.1) is 11.4 Å². The van der Waals surface area contributed by atoms with E-state index in [0.29, 0.717) is 11.4 Å². The molecule has 0 fully saturated rings. The van der Waals surface area contributed by atoms with E-state index in [0.717, 1.165) is 4.88 Å². The van der Waals surface area contributed by atoms with Crippen molar-refractivity contribution in [2.24, 2.45) is 0 Å². The van der Waals surface area contributed by atoms with Crippen molar-refractivity contribution in [3.63, 3.8) is 0 Å². The first-order valence-electron chi connectivity index (χ1n) is 6.99. The van der Waals surface area contributed by atoms with Gasteiger partial charge in [0.15, 0.2) is 11.5 Å². The molecule has 122 valence electrons. The van der Waals surface area contributed by atoms with Crippen molar-refractivity contribution in [1.82, 2.24) is 10.5 Å². The van der Waals surface area contributed by atoms with Gasteiger partial charge in [-0.3, -0.25) is 9.59 Å². The number of rotatable bonds is 5. The molecule has 0 aliphatic heterocycles. The summed E-state index contributed by atoms with van der Waals surface area (Å²) in [5, 5.41) is 19.8. The van der Waals surface area contributed by atoms with Crippen LogP contribution < -0.4 is 10.6 Å². The Bertz CT molecular complexity index is 841. The van der Waals surface area contributed by atoms with Gasteiger partial charge in [-0.15, -0.1) is 11.3 Å². The molecule has 0 spiro atoms. The van der Waals surface area contributed by atoms with Crippen LogP contribution in [0.4, 0.5) is 5.69 Å². The number of phenolic OH excluding ortho intramolecular Hbond substituents is 1. The molecule has 24 heavy (non-hydrogen) atoms. The fourth-order valence-corrected chi connectivity index (χ4v) is 2.59. The largest absolute Gasteiger partial charge is 0.508 e. The molecule has 0 aliphatic rings. The van der Waals surface area contributed by atoms with E-state index in [2.05, 4.69) is 15.8 Å². The molecule has 3 N–H and O–H groups in total. The molecule has 1 aromatic carbocycles. The number of phenols is 1. The maximum absolute atomic E-state index is 12.0. The molecule has 3 aromatic rings. The molecule has 0 aliphatic carbocycles. The van der Waals surface area contributed by atoms with Crippen LogP contribution in [0.3, 0.4) is 0 Å². The fraction of sp³-hybridized carbons (Fsp3) is 0.0625. The highest BCUT2D eigenvalue weighted by molar-refractivity contribution is 7.13. The molecule has 8 heteroatoms. The normalized spacial score (nSPS) is 10.3. The molecule has 0 unspecified atom stereocenters. The van der Waals surface area contributed by atoms with E-state index in [4.69, 9.17) is 4.52 Å². The Kier molecular flexibility index (Phi) is 4.57. The molecule has 0 bridgehead atoms. The molecule has 2 heterocycles. The Hall–Kier alpha value is -3.13. The van der Waals surface area contributed by atoms with Crippen LogP contribution >= 0.6 is 11.3 Å². The van der Waals surface area contributed by atoms with E-state index < -0.39 is 11.8 Å². The third-order valence-corrected chi connectivity index (χ3v) is 3.95. The minimum atomic E-state index is -0.498. The van der Waals surface area contributed by atoms with Crippen LogP contribution in [0, 0.1) is 0 Å². The number of aromatic nitrogens is 1. The lowest BCUT2D eigenvalue weighted by Gasteiger charge is -2.05. The van der Waals surface area contributed by atoms with Gasteiger partial charge in [0.25, 0.3) is 5.91 Å². The molecule has 0 radical (unpaired) electrons. The quantitative estimate of drug-likeness (QED) is 0.617. The zero-order valence-electron chi connectivity index (χ0n) is 12.4. The molecule has 2 aromatic heterocycles. The van der Waals surface area contributed by atoms with Crippen LogP contribution in [0.5, 0.6) is 5.75 Å². The number of benzene rings is 1. The monoisotopic (exact) mass is 343 g/mol. The van der Waals surface area contributed by atoms with Crippen molar-refractivity contribution < 1.29 is 19.2 Å². The third kappa shape index (κ3) is 3.79. The van der Waals surface area contributed by atoms with E-state index in [-0.39, 0.29) is 18.0 Å². The lowest BCUT2D eigenvalue weighted by atomic mass is 10.3. The van der Waals surface area contributed by atoms with Gasteiger partial charge in [0.2, 0.25) is 5.91 Å². The fourth-order valence-electron chi connectivity index (χ4n) is 1.92. The van der Waals surface area contributed by atoms with Gasteiger partial charge < -0.3 is 20.3 Å². The lowest BCUT2D eigenvalue weighted by molar-refractivity contribution is -0.115. The molecule has 0 saturated carbocycles. The Morgan fingerprint density at radius 1 is 1.21 bits per heavy atom. The van der Waals surface area contributed by atoms with Gasteiger partial charge in [0, 0.05) is 11.8 Å². The second kappa shape index (κ2) is 6.97. The minimum absolute atomic E-state index is 0.105. The zero-order chi connectivity index (χ0) is 16.9. The summed E-state index contributed by atoms with van der Waals surface area (Å²) in [5.41, 5.74) is 0.629. The number of carbonyl (C=O) groups is 2. The van der Waals surface area contributed by atoms with Gasteiger partial charge >= 0.3 is 0 Å². The third-order valence-electron chi connectivity index (χ3n) is 3.07. The maximum atomic E-state index is 12.0. The van der Waals surface area contributed by atoms with Crippen LogP contribution in [-0.4, -0.2) is 28.6 Å². The van der Waals surface area contributed by atoms with E-state index in [1.54, 1.807) is 12.1 Å². The number of aromatic hydroxyl groups is 1. The molecule has 7 nitrogen and oxygen atoms in total. The van der Waals surface area contributed by atoms with Crippen molar-refractivity contribution in [2.45, 2.75) is 0 Å². The van der Waals surface area contributed by atoms with Gasteiger partial charge in [-0.25, -0.2) is 0 Å². The summed E-state index contributed by atoms with van der Waals surface area (Å²) >= 11 is 1.47. The van der Waals surface area contributed by atoms with E-state index in [1.807, 2.05) is 17.5 Å². The average Bonchev–Trinajstić information content (AvgIpc) is 3.25. The summed E-state index contributed by atoms with van der Waals surface area (Å²) in [5.74, 6) is -0.281. The molecule has 2 amide bonds. The lowest BCUT2D eigenvalue weighted by Crippen LogP contribution is -2.33. The Morgan fingerprint density at radius 2 is 2.00 bits per heavy atom. The van der Waals surface area contributed by atoms with Gasteiger partial charge in [-0.05, 0) is 35.7 Å². The average molecular weight is 343 g/mol. The number of hydrogen-bond donors (Lipinski definition) is 3. The van der Waals surface area contributed by atoms with Crippen LogP contribution in [0.15, 0.2) is 52.4 Å². The van der Waals surface area contributed by atoms with Gasteiger partial charge in [0.1, 0.15) is 5.75 Å². The van der Waals surface area contributed by atoms with Crippen molar-refractivity contribution in [1.29, 1.82) is 0 Å². The molecule has 0 atom stereocenters. The number of anilines is 1. The van der Waals surface area contributed by atoms with Crippen LogP contribution in [0.1, 0.15) is 10.5 Å². The second-order valence-electron chi connectivity index (χ2n) is 4.83. The maximum Gasteiger partial charge on any atom is 0.273 e. The highest BCUT2D eigenvalue weighted by Crippen LogP contribution is 2.25. The summed E-state index contributed by atoms with van der Waals surface area (Å²) < 4.78 is 5.12. The van der Waals surface area contributed by atoms with Crippen molar-refractivity contribution in [3.05, 3.63) is 53.5 Å². The highest BCUT2D eigenvalue weighted by Gasteiger charge is 2.15. The number of nitrogens with one attached hydrogen (secondary N) is 2. The van der Waals surface area contributed by atoms with Crippen molar-refractivity contribution in [2.75, 3.05) is 11.9 Å². The zero-order valence-corrected chi connectivity index (χ0v) is 13.2. The number of hydrogen-bond acceptors (Lipinski definition) is 6. The molecule has 0 saturated heterocycles. The Balaban J connectivity index is 1.53. The van der Waals surface area contributed by atoms with Crippen LogP contribution in [0.25, 0.3) is 10.6 Å². The number of thiophene rings is 1. The number of carbonyl (C=O) groups excluding carboxylic acids is 2. The molecular formula is C16H13N3O4S. The first-order valence-corrected chi connectivity index (χ1v) is 7.87. The number of amides is 2. The number of nitrogens with zero attached hydrogens (tertiary/aromatic N) is 1. The first-order chi connectivity index (χ1) is 11.6. The predicted molar refractivity (Wildman–Crippen MR) is 88.9 cm³/mol. The summed E-state index contributed by atoms with van der Waals surface area (Å²) in [6.07, 6.45) is 0. The summed E-state index contributed by atoms with van der Waals surface area (Å²) in [4.78, 5) is 24.6. The van der Waals surface area contributed by atoms with E-state index >= 15 is 0 Å². The standard InChI is InChI=1S/C16H13N3O4S/c20-11-5-3-10(4-6-11)18-15(21)9-17-16(22)12-8-13(23-19-12)14-2-1-7-24-14/h1-8,20H,9H2,(H,17,22)(H,18,21). The van der Waals surface area contributed by atoms with Crippen LogP contribution in [-0.2, 0) is 4.79 Å². The molecule has 3 rings (SSSR count). The second-order valence-corrected chi connectivity index (χ2v) is 5.78. The summed E-state index contributed by atoms with van der Waals surface area (Å²) in [7, 11) is 0. The Labute approximate surface area is 140 Å². The van der Waals surface area contributed by atoms with Gasteiger partial charge in [-0.2, -0.15) is 0 Å². The van der Waals surface area contributed by atoms with Gasteiger partial charge in [-0.1, -0.05) is 11.2 Å². The summed E-state index contributed by atoms with van der Waals surface area (Å²) in [6.45, 7) is -0.207. The van der Waals surface area contributed by atoms with E-state index in [1.165, 1.54) is 29.5 Å². The topological polar surface area (TPSA) is 104 Å². The van der Waals surface area contributed by atoms with E-state index in [9.17, 15) is 14.7 Å². The molecular weight excluding hydrogens is 330 g/mol. The smallest absolute Gasteiger partial charge is 0.273 e. The predicted octanol–water partition coefficient (Wildman–Crippen LogP) is 2.48. The first kappa shape index (κ1) is 15.8. The highest BCUT2D eigenvalue weighted by atomic mass is 32.1. The Morgan fingerprint density at radius 3 is 2.71 bits per heavy atom. The SMILES string of the molecule is O=C(CNC(=O)c1cc(-c2cccs2)on1)Nc1ccc(O)cc1. The van der Waals surface area contributed by atoms with Crippen LogP contribution in [0.2, 0.25) is 0 Å². The van der Waals surface area contributed by atoms with Crippen molar-refractivity contribution >= 4 is 28.8 Å². The van der Waals surface area contributed by atoms with Crippen molar-refractivity contribution in [3.8, 4) is 16.4 Å². The summed E-state index contributed by atoms with van der Waals surface area (Å²) in [6, 6.07) is 11.3.